The number of carbonyl (C=O) groups is 1. The summed E-state index contributed by atoms with van der Waals surface area (Å²) in [6.45, 7) is 4.74. The van der Waals surface area contributed by atoms with E-state index in [0.29, 0.717) is 11.3 Å². The van der Waals surface area contributed by atoms with Gasteiger partial charge in [-0.3, -0.25) is 14.7 Å². The van der Waals surface area contributed by atoms with Crippen molar-refractivity contribution in [2.24, 2.45) is 5.92 Å². The lowest BCUT2D eigenvalue weighted by molar-refractivity contribution is 0.0632. The second kappa shape index (κ2) is 5.17. The van der Waals surface area contributed by atoms with Gasteiger partial charge >= 0.3 is 0 Å². The number of anilines is 1. The van der Waals surface area contributed by atoms with Crippen molar-refractivity contribution in [3.63, 3.8) is 0 Å². The predicted octanol–water partition coefficient (Wildman–Crippen LogP) is 0.832. The molecular weight excluding hydrogens is 240 g/mol. The first kappa shape index (κ1) is 12.4. The van der Waals surface area contributed by atoms with E-state index in [1.165, 1.54) is 19.4 Å². The molecule has 5 nitrogen and oxygen atoms in total. The number of aromatic nitrogens is 1. The number of rotatable bonds is 3. The standard InChI is InChI=1S/C14H20N4O/c15-13-3-4-16-9-12(13)14(19)18-7-5-17(6-8-18)10-11-1-2-11/h3-4,9,11H,1-2,5-8,10H2,(H2,15,16). The fourth-order valence-electron chi connectivity index (χ4n) is 2.55. The van der Waals surface area contributed by atoms with Gasteiger partial charge in [0.1, 0.15) is 0 Å². The van der Waals surface area contributed by atoms with Crippen LogP contribution in [0.25, 0.3) is 0 Å². The SMILES string of the molecule is Nc1ccncc1C(=O)N1CCN(CC2CC2)CC1. The smallest absolute Gasteiger partial charge is 0.257 e. The van der Waals surface area contributed by atoms with E-state index in [0.717, 1.165) is 32.1 Å². The van der Waals surface area contributed by atoms with E-state index < -0.39 is 0 Å². The van der Waals surface area contributed by atoms with Gasteiger partial charge in [-0.2, -0.15) is 0 Å². The van der Waals surface area contributed by atoms with Crippen molar-refractivity contribution < 1.29 is 4.79 Å². The van der Waals surface area contributed by atoms with Crippen molar-refractivity contribution in [3.05, 3.63) is 24.0 Å². The summed E-state index contributed by atoms with van der Waals surface area (Å²) in [5.41, 5.74) is 6.87. The van der Waals surface area contributed by atoms with Gasteiger partial charge in [0.2, 0.25) is 0 Å². The van der Waals surface area contributed by atoms with Crippen molar-refractivity contribution in [1.29, 1.82) is 0 Å². The zero-order valence-corrected chi connectivity index (χ0v) is 11.1. The molecule has 0 spiro atoms. The molecule has 0 radical (unpaired) electrons. The van der Waals surface area contributed by atoms with Gasteiger partial charge in [-0.1, -0.05) is 0 Å². The second-order valence-electron chi connectivity index (χ2n) is 5.50. The van der Waals surface area contributed by atoms with Crippen LogP contribution in [0, 0.1) is 5.92 Å². The summed E-state index contributed by atoms with van der Waals surface area (Å²) in [6, 6.07) is 1.68. The number of nitrogens with zero attached hydrogens (tertiary/aromatic N) is 3. The molecule has 0 atom stereocenters. The minimum absolute atomic E-state index is 0.0108. The van der Waals surface area contributed by atoms with Crippen LogP contribution in [-0.4, -0.2) is 53.4 Å². The Morgan fingerprint density at radius 2 is 2.05 bits per heavy atom. The van der Waals surface area contributed by atoms with Gasteiger partial charge < -0.3 is 10.6 Å². The van der Waals surface area contributed by atoms with Crippen molar-refractivity contribution in [2.75, 3.05) is 38.5 Å². The van der Waals surface area contributed by atoms with E-state index >= 15 is 0 Å². The molecule has 3 rings (SSSR count). The highest BCUT2D eigenvalue weighted by atomic mass is 16.2. The third-order valence-electron chi connectivity index (χ3n) is 3.96. The summed E-state index contributed by atoms with van der Waals surface area (Å²) in [7, 11) is 0. The second-order valence-corrected chi connectivity index (χ2v) is 5.50. The fraction of sp³-hybridized carbons (Fsp3) is 0.571. The monoisotopic (exact) mass is 260 g/mol. The molecule has 2 fully saturated rings. The van der Waals surface area contributed by atoms with Crippen LogP contribution in [0.4, 0.5) is 5.69 Å². The summed E-state index contributed by atoms with van der Waals surface area (Å²) in [4.78, 5) is 20.7. The van der Waals surface area contributed by atoms with Crippen LogP contribution < -0.4 is 5.73 Å². The molecule has 1 amide bonds. The molecule has 2 aliphatic rings. The van der Waals surface area contributed by atoms with E-state index in [-0.39, 0.29) is 5.91 Å². The van der Waals surface area contributed by atoms with E-state index in [1.807, 2.05) is 4.90 Å². The van der Waals surface area contributed by atoms with Crippen LogP contribution in [0.5, 0.6) is 0 Å². The van der Waals surface area contributed by atoms with Crippen molar-refractivity contribution in [1.82, 2.24) is 14.8 Å². The number of pyridine rings is 1. The summed E-state index contributed by atoms with van der Waals surface area (Å²) < 4.78 is 0. The van der Waals surface area contributed by atoms with E-state index in [4.69, 9.17) is 5.73 Å². The first-order valence-electron chi connectivity index (χ1n) is 6.95. The molecule has 2 N–H and O–H groups in total. The number of nitrogens with two attached hydrogens (primary N) is 1. The normalized spacial score (nSPS) is 20.5. The molecule has 1 saturated carbocycles. The van der Waals surface area contributed by atoms with Gasteiger partial charge in [-0.05, 0) is 24.8 Å². The number of carbonyl (C=O) groups excluding carboxylic acids is 1. The highest BCUT2D eigenvalue weighted by Gasteiger charge is 2.28. The minimum atomic E-state index is 0.0108. The van der Waals surface area contributed by atoms with E-state index in [2.05, 4.69) is 9.88 Å². The maximum absolute atomic E-state index is 12.3. The fourth-order valence-corrected chi connectivity index (χ4v) is 2.55. The molecule has 102 valence electrons. The number of hydrogen-bond acceptors (Lipinski definition) is 4. The average Bonchev–Trinajstić information content (AvgIpc) is 3.23. The number of amides is 1. The molecule has 1 aliphatic carbocycles. The Morgan fingerprint density at radius 3 is 2.68 bits per heavy atom. The molecular formula is C14H20N4O. The van der Waals surface area contributed by atoms with Gasteiger partial charge in [-0.25, -0.2) is 0 Å². The summed E-state index contributed by atoms with van der Waals surface area (Å²) in [5.74, 6) is 0.924. The lowest BCUT2D eigenvalue weighted by Gasteiger charge is -2.34. The number of piperazine rings is 1. The highest BCUT2D eigenvalue weighted by molar-refractivity contribution is 5.98. The van der Waals surface area contributed by atoms with Crippen molar-refractivity contribution in [2.45, 2.75) is 12.8 Å². The summed E-state index contributed by atoms with van der Waals surface area (Å²) >= 11 is 0. The van der Waals surface area contributed by atoms with E-state index in [9.17, 15) is 4.79 Å². The Hall–Kier alpha value is -1.62. The maximum Gasteiger partial charge on any atom is 0.257 e. The van der Waals surface area contributed by atoms with E-state index in [1.54, 1.807) is 18.5 Å². The van der Waals surface area contributed by atoms with Crippen molar-refractivity contribution >= 4 is 11.6 Å². The maximum atomic E-state index is 12.3. The van der Waals surface area contributed by atoms with Crippen LogP contribution in [0.1, 0.15) is 23.2 Å². The minimum Gasteiger partial charge on any atom is -0.398 e. The summed E-state index contributed by atoms with van der Waals surface area (Å²) in [6.07, 6.45) is 5.94. The van der Waals surface area contributed by atoms with Crippen LogP contribution in [-0.2, 0) is 0 Å². The highest BCUT2D eigenvalue weighted by Crippen LogP contribution is 2.30. The van der Waals surface area contributed by atoms with Gasteiger partial charge in [0.15, 0.2) is 0 Å². The zero-order chi connectivity index (χ0) is 13.2. The Labute approximate surface area is 113 Å². The lowest BCUT2D eigenvalue weighted by atomic mass is 10.2. The van der Waals surface area contributed by atoms with Crippen LogP contribution in [0.15, 0.2) is 18.5 Å². The molecule has 1 saturated heterocycles. The quantitative estimate of drug-likeness (QED) is 0.874. The first-order valence-corrected chi connectivity index (χ1v) is 6.95. The Morgan fingerprint density at radius 1 is 1.32 bits per heavy atom. The Balaban J connectivity index is 1.58. The first-order chi connectivity index (χ1) is 9.24. The zero-order valence-electron chi connectivity index (χ0n) is 11.1. The van der Waals surface area contributed by atoms with Crippen LogP contribution >= 0.6 is 0 Å². The molecule has 1 aromatic heterocycles. The molecule has 1 aliphatic heterocycles. The number of nitrogen functional groups attached to an aromatic ring is 1. The Bertz CT molecular complexity index is 464. The molecule has 0 bridgehead atoms. The molecule has 2 heterocycles. The van der Waals surface area contributed by atoms with Crippen molar-refractivity contribution in [3.8, 4) is 0 Å². The summed E-state index contributed by atoms with van der Waals surface area (Å²) in [5, 5.41) is 0. The van der Waals surface area contributed by atoms with Crippen LogP contribution in [0.2, 0.25) is 0 Å². The predicted molar refractivity (Wildman–Crippen MR) is 73.7 cm³/mol. The number of hydrogen-bond donors (Lipinski definition) is 1. The molecule has 0 unspecified atom stereocenters. The lowest BCUT2D eigenvalue weighted by Crippen LogP contribution is -2.49. The van der Waals surface area contributed by atoms with Crippen LogP contribution in [0.3, 0.4) is 0 Å². The van der Waals surface area contributed by atoms with Gasteiger partial charge in [-0.15, -0.1) is 0 Å². The van der Waals surface area contributed by atoms with Gasteiger partial charge in [0, 0.05) is 50.8 Å². The topological polar surface area (TPSA) is 62.5 Å². The van der Waals surface area contributed by atoms with Gasteiger partial charge in [0.05, 0.1) is 5.56 Å². The third-order valence-corrected chi connectivity index (χ3v) is 3.96. The average molecular weight is 260 g/mol. The molecule has 0 aromatic carbocycles. The third kappa shape index (κ3) is 2.87. The molecule has 19 heavy (non-hydrogen) atoms. The largest absolute Gasteiger partial charge is 0.398 e. The molecule has 5 heteroatoms. The van der Waals surface area contributed by atoms with Gasteiger partial charge in [0.25, 0.3) is 5.91 Å². The Kier molecular flexibility index (Phi) is 3.38. The molecule has 1 aromatic rings.